The van der Waals surface area contributed by atoms with Crippen LogP contribution in [0.15, 0.2) is 30.3 Å². The Morgan fingerprint density at radius 2 is 1.94 bits per heavy atom. The quantitative estimate of drug-likeness (QED) is 0.871. The molecule has 94 valence electrons. The minimum atomic E-state index is -0.196. The Morgan fingerprint density at radius 3 is 2.61 bits per heavy atom. The molecular weight excluding hydrogens is 228 g/mol. The van der Waals surface area contributed by atoms with Gasteiger partial charge in [-0.15, -0.1) is 0 Å². The fourth-order valence-electron chi connectivity index (χ4n) is 2.29. The van der Waals surface area contributed by atoms with Gasteiger partial charge >= 0.3 is 0 Å². The largest absolute Gasteiger partial charge is 0.353 e. The summed E-state index contributed by atoms with van der Waals surface area (Å²) in [4.78, 5) is 25.6. The van der Waals surface area contributed by atoms with E-state index in [2.05, 4.69) is 5.32 Å². The zero-order chi connectivity index (χ0) is 12.5. The van der Waals surface area contributed by atoms with Crippen LogP contribution in [-0.2, 0) is 9.59 Å². The smallest absolute Gasteiger partial charge is 0.227 e. The number of carbonyl (C=O) groups excluding carboxylic acids is 2. The molecule has 1 aliphatic heterocycles. The highest BCUT2D eigenvalue weighted by Gasteiger charge is 2.36. The van der Waals surface area contributed by atoms with Crippen molar-refractivity contribution < 1.29 is 9.59 Å². The highest BCUT2D eigenvalue weighted by atomic mass is 16.2. The Labute approximate surface area is 106 Å². The Kier molecular flexibility index (Phi) is 2.78. The van der Waals surface area contributed by atoms with Crippen LogP contribution in [0, 0.1) is 5.92 Å². The van der Waals surface area contributed by atoms with Crippen molar-refractivity contribution in [1.82, 2.24) is 5.32 Å². The average molecular weight is 244 g/mol. The van der Waals surface area contributed by atoms with Gasteiger partial charge in [0.15, 0.2) is 0 Å². The number of anilines is 1. The van der Waals surface area contributed by atoms with Crippen LogP contribution in [0.2, 0.25) is 0 Å². The van der Waals surface area contributed by atoms with Gasteiger partial charge < -0.3 is 10.2 Å². The molecule has 1 N–H and O–H groups in total. The Balaban J connectivity index is 1.68. The molecule has 0 spiro atoms. The molecule has 0 radical (unpaired) electrons. The van der Waals surface area contributed by atoms with Gasteiger partial charge in [-0.2, -0.15) is 0 Å². The van der Waals surface area contributed by atoms with Crippen molar-refractivity contribution in [3.8, 4) is 0 Å². The number of benzene rings is 1. The van der Waals surface area contributed by atoms with Crippen LogP contribution in [-0.4, -0.2) is 24.4 Å². The van der Waals surface area contributed by atoms with E-state index in [1.807, 2.05) is 30.3 Å². The van der Waals surface area contributed by atoms with Crippen LogP contribution in [0.3, 0.4) is 0 Å². The normalized spacial score (nSPS) is 23.2. The minimum absolute atomic E-state index is 0.0317. The Bertz CT molecular complexity index is 468. The van der Waals surface area contributed by atoms with Crippen molar-refractivity contribution in [1.29, 1.82) is 0 Å². The van der Waals surface area contributed by atoms with Crippen LogP contribution in [0.4, 0.5) is 5.69 Å². The molecule has 1 heterocycles. The van der Waals surface area contributed by atoms with Crippen molar-refractivity contribution >= 4 is 17.5 Å². The lowest BCUT2D eigenvalue weighted by Crippen LogP contribution is -2.34. The van der Waals surface area contributed by atoms with Crippen LogP contribution in [0.5, 0.6) is 0 Å². The van der Waals surface area contributed by atoms with E-state index in [0.29, 0.717) is 19.0 Å². The predicted molar refractivity (Wildman–Crippen MR) is 68.1 cm³/mol. The molecule has 4 heteroatoms. The molecule has 1 aromatic rings. The summed E-state index contributed by atoms with van der Waals surface area (Å²) in [5, 5.41) is 2.97. The lowest BCUT2D eigenvalue weighted by atomic mass is 10.1. The minimum Gasteiger partial charge on any atom is -0.353 e. The van der Waals surface area contributed by atoms with Crippen LogP contribution in [0.1, 0.15) is 19.3 Å². The van der Waals surface area contributed by atoms with Gasteiger partial charge in [-0.25, -0.2) is 0 Å². The van der Waals surface area contributed by atoms with Crippen LogP contribution < -0.4 is 10.2 Å². The summed E-state index contributed by atoms with van der Waals surface area (Å²) in [5.41, 5.74) is 0.879. The summed E-state index contributed by atoms with van der Waals surface area (Å²) in [6.45, 7) is 0.501. The second kappa shape index (κ2) is 4.44. The molecule has 1 atom stereocenters. The van der Waals surface area contributed by atoms with Crippen molar-refractivity contribution in [3.05, 3.63) is 30.3 Å². The number of nitrogens with one attached hydrogen (secondary N) is 1. The first kappa shape index (κ1) is 11.3. The fourth-order valence-corrected chi connectivity index (χ4v) is 2.29. The number of carbonyl (C=O) groups is 2. The lowest BCUT2D eigenvalue weighted by molar-refractivity contribution is -0.126. The van der Waals surface area contributed by atoms with E-state index >= 15 is 0 Å². The van der Waals surface area contributed by atoms with E-state index in [1.165, 1.54) is 0 Å². The average Bonchev–Trinajstić information content (AvgIpc) is 3.10. The van der Waals surface area contributed by atoms with Gasteiger partial charge in [0.05, 0.1) is 5.92 Å². The molecule has 2 fully saturated rings. The van der Waals surface area contributed by atoms with Crippen molar-refractivity contribution in [3.63, 3.8) is 0 Å². The zero-order valence-corrected chi connectivity index (χ0v) is 10.1. The molecule has 0 bridgehead atoms. The van der Waals surface area contributed by atoms with E-state index in [9.17, 15) is 9.59 Å². The Morgan fingerprint density at radius 1 is 1.22 bits per heavy atom. The molecule has 0 unspecified atom stereocenters. The standard InChI is InChI=1S/C14H16N2O2/c17-13-8-10(14(18)15-11-6-7-11)9-16(13)12-4-2-1-3-5-12/h1-5,10-11H,6-9H2,(H,15,18)/t10-/m0/s1. The Hall–Kier alpha value is -1.84. The first-order chi connectivity index (χ1) is 8.74. The summed E-state index contributed by atoms with van der Waals surface area (Å²) in [6.07, 6.45) is 2.48. The number of para-hydroxylation sites is 1. The van der Waals surface area contributed by atoms with Gasteiger partial charge in [0, 0.05) is 24.7 Å². The highest BCUT2D eigenvalue weighted by Crippen LogP contribution is 2.26. The predicted octanol–water partition coefficient (Wildman–Crippen LogP) is 1.32. The van der Waals surface area contributed by atoms with Crippen LogP contribution >= 0.6 is 0 Å². The van der Waals surface area contributed by atoms with Crippen molar-refractivity contribution in [2.45, 2.75) is 25.3 Å². The summed E-state index contributed by atoms with van der Waals surface area (Å²) < 4.78 is 0. The molecule has 18 heavy (non-hydrogen) atoms. The molecule has 4 nitrogen and oxygen atoms in total. The molecule has 1 aliphatic carbocycles. The first-order valence-corrected chi connectivity index (χ1v) is 6.40. The fraction of sp³-hybridized carbons (Fsp3) is 0.429. The summed E-state index contributed by atoms with van der Waals surface area (Å²) in [7, 11) is 0. The van der Waals surface area contributed by atoms with Gasteiger partial charge in [-0.1, -0.05) is 18.2 Å². The molecule has 1 saturated heterocycles. The van der Waals surface area contributed by atoms with Gasteiger partial charge in [-0.05, 0) is 25.0 Å². The van der Waals surface area contributed by atoms with Crippen molar-refractivity contribution in [2.75, 3.05) is 11.4 Å². The van der Waals surface area contributed by atoms with Gasteiger partial charge in [0.2, 0.25) is 11.8 Å². The lowest BCUT2D eigenvalue weighted by Gasteiger charge is -2.16. The van der Waals surface area contributed by atoms with E-state index in [4.69, 9.17) is 0 Å². The summed E-state index contributed by atoms with van der Waals surface area (Å²) in [5.74, 6) is -0.125. The number of amides is 2. The zero-order valence-electron chi connectivity index (χ0n) is 10.1. The van der Waals surface area contributed by atoms with Gasteiger partial charge in [0.25, 0.3) is 0 Å². The third-order valence-electron chi connectivity index (χ3n) is 3.49. The maximum Gasteiger partial charge on any atom is 0.227 e. The van der Waals surface area contributed by atoms with Gasteiger partial charge in [-0.3, -0.25) is 9.59 Å². The maximum atomic E-state index is 11.9. The SMILES string of the molecule is O=C(NC1CC1)[C@H]1CC(=O)N(c2ccccc2)C1. The van der Waals surface area contributed by atoms with E-state index < -0.39 is 0 Å². The summed E-state index contributed by atoms with van der Waals surface area (Å²) >= 11 is 0. The maximum absolute atomic E-state index is 11.9. The molecule has 0 aromatic heterocycles. The van der Waals surface area contributed by atoms with Gasteiger partial charge in [0.1, 0.15) is 0 Å². The molecule has 1 saturated carbocycles. The van der Waals surface area contributed by atoms with E-state index in [1.54, 1.807) is 4.90 Å². The number of nitrogens with zero attached hydrogens (tertiary/aromatic N) is 1. The van der Waals surface area contributed by atoms with E-state index in [-0.39, 0.29) is 17.7 Å². The van der Waals surface area contributed by atoms with Crippen LogP contribution in [0.25, 0.3) is 0 Å². The van der Waals surface area contributed by atoms with E-state index in [0.717, 1.165) is 18.5 Å². The number of rotatable bonds is 3. The second-order valence-corrected chi connectivity index (χ2v) is 5.02. The molecule has 2 aliphatic rings. The van der Waals surface area contributed by atoms with Crippen molar-refractivity contribution in [2.24, 2.45) is 5.92 Å². The number of hydrogen-bond donors (Lipinski definition) is 1. The molecule has 1 aromatic carbocycles. The summed E-state index contributed by atoms with van der Waals surface area (Å²) in [6, 6.07) is 9.89. The third kappa shape index (κ3) is 2.23. The highest BCUT2D eigenvalue weighted by molar-refractivity contribution is 6.00. The molecule has 3 rings (SSSR count). The third-order valence-corrected chi connectivity index (χ3v) is 3.49. The topological polar surface area (TPSA) is 49.4 Å². The monoisotopic (exact) mass is 244 g/mol. The molecule has 2 amide bonds. The second-order valence-electron chi connectivity index (χ2n) is 5.02. The molecular formula is C14H16N2O2. The first-order valence-electron chi connectivity index (χ1n) is 6.40. The number of hydrogen-bond acceptors (Lipinski definition) is 2.